The van der Waals surface area contributed by atoms with Gasteiger partial charge in [-0.15, -0.1) is 0 Å². The Morgan fingerprint density at radius 3 is 2.88 bits per heavy atom. The zero-order valence-electron chi connectivity index (χ0n) is 13.5. The molecule has 0 saturated carbocycles. The Morgan fingerprint density at radius 1 is 1.46 bits per heavy atom. The first-order valence-corrected chi connectivity index (χ1v) is 7.75. The molecule has 0 bridgehead atoms. The molecule has 1 aromatic rings. The van der Waals surface area contributed by atoms with Crippen molar-refractivity contribution < 1.29 is 28.2 Å². The standard InChI is InChI=1S/C16H20F2N2O4/c1-16(2)14(22)13(20-6-5-19-8-12(20)21)10-7-9(23-15(17)18)3-4-11(10)24-16/h3-4,7,13-15,19,22H,5-6,8H2,1-2H3. The summed E-state index contributed by atoms with van der Waals surface area (Å²) in [5.41, 5.74) is -0.455. The number of piperazine rings is 1. The molecular formula is C16H20F2N2O4. The number of aliphatic hydroxyl groups excluding tert-OH is 1. The summed E-state index contributed by atoms with van der Waals surface area (Å²) < 4.78 is 35.2. The number of halogens is 2. The van der Waals surface area contributed by atoms with E-state index in [9.17, 15) is 18.7 Å². The van der Waals surface area contributed by atoms with Crippen LogP contribution in [0.25, 0.3) is 0 Å². The Labute approximate surface area is 138 Å². The van der Waals surface area contributed by atoms with Gasteiger partial charge in [-0.3, -0.25) is 4.79 Å². The predicted molar refractivity (Wildman–Crippen MR) is 81.1 cm³/mol. The van der Waals surface area contributed by atoms with Crippen LogP contribution in [0.4, 0.5) is 8.78 Å². The highest BCUT2D eigenvalue weighted by Crippen LogP contribution is 2.44. The van der Waals surface area contributed by atoms with Crippen LogP contribution in [0, 0.1) is 0 Å². The van der Waals surface area contributed by atoms with Gasteiger partial charge in [-0.2, -0.15) is 8.78 Å². The topological polar surface area (TPSA) is 71.0 Å². The average molecular weight is 342 g/mol. The summed E-state index contributed by atoms with van der Waals surface area (Å²) >= 11 is 0. The molecule has 2 N–H and O–H groups in total. The number of alkyl halides is 2. The Kier molecular flexibility index (Phi) is 4.35. The van der Waals surface area contributed by atoms with Crippen LogP contribution >= 0.6 is 0 Å². The molecule has 2 atom stereocenters. The molecule has 2 aliphatic rings. The lowest BCUT2D eigenvalue weighted by molar-refractivity contribution is -0.146. The number of aliphatic hydroxyl groups is 1. The van der Waals surface area contributed by atoms with Crippen LogP contribution in [-0.2, 0) is 4.79 Å². The molecule has 0 radical (unpaired) electrons. The van der Waals surface area contributed by atoms with Crippen molar-refractivity contribution in [3.63, 3.8) is 0 Å². The smallest absolute Gasteiger partial charge is 0.387 e. The molecule has 8 heteroatoms. The number of fused-ring (bicyclic) bond motifs is 1. The second kappa shape index (κ2) is 6.18. The largest absolute Gasteiger partial charge is 0.485 e. The number of nitrogens with one attached hydrogen (secondary N) is 1. The monoisotopic (exact) mass is 342 g/mol. The summed E-state index contributed by atoms with van der Waals surface area (Å²) in [6, 6.07) is 3.63. The normalized spacial score (nSPS) is 26.1. The van der Waals surface area contributed by atoms with Crippen molar-refractivity contribution in [3.8, 4) is 11.5 Å². The summed E-state index contributed by atoms with van der Waals surface area (Å²) in [7, 11) is 0. The first kappa shape index (κ1) is 16.9. The molecule has 1 aromatic carbocycles. The number of nitrogens with zero attached hydrogens (tertiary/aromatic N) is 1. The number of amides is 1. The number of hydrogen-bond donors (Lipinski definition) is 2. The van der Waals surface area contributed by atoms with Crippen LogP contribution in [0.1, 0.15) is 25.5 Å². The van der Waals surface area contributed by atoms with Gasteiger partial charge in [-0.25, -0.2) is 0 Å². The summed E-state index contributed by atoms with van der Waals surface area (Å²) in [6.45, 7) is 1.68. The van der Waals surface area contributed by atoms with E-state index in [0.717, 1.165) is 0 Å². The lowest BCUT2D eigenvalue weighted by Gasteiger charge is -2.47. The third kappa shape index (κ3) is 3.03. The van der Waals surface area contributed by atoms with Gasteiger partial charge in [0.25, 0.3) is 0 Å². The van der Waals surface area contributed by atoms with Crippen molar-refractivity contribution in [3.05, 3.63) is 23.8 Å². The number of ether oxygens (including phenoxy) is 2. The van der Waals surface area contributed by atoms with E-state index >= 15 is 0 Å². The zero-order chi connectivity index (χ0) is 17.5. The van der Waals surface area contributed by atoms with Crippen LogP contribution in [0.2, 0.25) is 0 Å². The molecule has 2 aliphatic heterocycles. The van der Waals surface area contributed by atoms with Gasteiger partial charge in [0.15, 0.2) is 0 Å². The summed E-state index contributed by atoms with van der Waals surface area (Å²) in [4.78, 5) is 13.8. The first-order chi connectivity index (χ1) is 11.3. The summed E-state index contributed by atoms with van der Waals surface area (Å²) in [6.07, 6.45) is -1.01. The van der Waals surface area contributed by atoms with Gasteiger partial charge in [-0.05, 0) is 32.0 Å². The van der Waals surface area contributed by atoms with Gasteiger partial charge >= 0.3 is 6.61 Å². The lowest BCUT2D eigenvalue weighted by Crippen LogP contribution is -2.58. The molecule has 6 nitrogen and oxygen atoms in total. The van der Waals surface area contributed by atoms with Crippen molar-refractivity contribution in [2.75, 3.05) is 19.6 Å². The molecule has 0 aliphatic carbocycles. The van der Waals surface area contributed by atoms with E-state index in [4.69, 9.17) is 4.74 Å². The fraction of sp³-hybridized carbons (Fsp3) is 0.562. The predicted octanol–water partition coefficient (Wildman–Crippen LogP) is 1.29. The molecule has 1 saturated heterocycles. The Hall–Kier alpha value is -1.93. The van der Waals surface area contributed by atoms with E-state index in [1.807, 2.05) is 0 Å². The maximum atomic E-state index is 12.5. The Morgan fingerprint density at radius 2 is 2.21 bits per heavy atom. The molecule has 2 unspecified atom stereocenters. The summed E-state index contributed by atoms with van der Waals surface area (Å²) in [5.74, 6) is 0.254. The van der Waals surface area contributed by atoms with Gasteiger partial charge in [0.1, 0.15) is 23.2 Å². The Bertz CT molecular complexity index is 639. The lowest BCUT2D eigenvalue weighted by atomic mass is 9.85. The van der Waals surface area contributed by atoms with Gasteiger partial charge in [0, 0.05) is 18.7 Å². The third-order valence-electron chi connectivity index (χ3n) is 4.37. The van der Waals surface area contributed by atoms with Crippen molar-refractivity contribution in [2.45, 2.75) is 38.2 Å². The number of carbonyl (C=O) groups is 1. The van der Waals surface area contributed by atoms with Crippen LogP contribution in [0.3, 0.4) is 0 Å². The van der Waals surface area contributed by atoms with Gasteiger partial charge in [0.05, 0.1) is 12.6 Å². The van der Waals surface area contributed by atoms with Crippen molar-refractivity contribution >= 4 is 5.91 Å². The minimum Gasteiger partial charge on any atom is -0.485 e. The van der Waals surface area contributed by atoms with Gasteiger partial charge in [0.2, 0.25) is 5.91 Å². The quantitative estimate of drug-likeness (QED) is 0.866. The average Bonchev–Trinajstić information content (AvgIpc) is 2.50. The van der Waals surface area contributed by atoms with Crippen LogP contribution in [0.15, 0.2) is 18.2 Å². The highest BCUT2D eigenvalue weighted by atomic mass is 19.3. The summed E-state index contributed by atoms with van der Waals surface area (Å²) in [5, 5.41) is 13.7. The van der Waals surface area contributed by atoms with Crippen molar-refractivity contribution in [1.82, 2.24) is 10.2 Å². The third-order valence-corrected chi connectivity index (χ3v) is 4.37. The van der Waals surface area contributed by atoms with E-state index in [-0.39, 0.29) is 18.2 Å². The maximum absolute atomic E-state index is 12.5. The van der Waals surface area contributed by atoms with E-state index in [1.165, 1.54) is 18.2 Å². The fourth-order valence-corrected chi connectivity index (χ4v) is 3.17. The van der Waals surface area contributed by atoms with E-state index in [0.29, 0.717) is 24.4 Å². The number of benzene rings is 1. The molecule has 2 heterocycles. The fourth-order valence-electron chi connectivity index (χ4n) is 3.17. The minimum absolute atomic E-state index is 0.0353. The van der Waals surface area contributed by atoms with E-state index in [2.05, 4.69) is 10.1 Å². The van der Waals surface area contributed by atoms with E-state index in [1.54, 1.807) is 18.7 Å². The Balaban J connectivity index is 2.04. The van der Waals surface area contributed by atoms with Gasteiger partial charge < -0.3 is 24.8 Å². The zero-order valence-corrected chi connectivity index (χ0v) is 13.5. The second-order valence-electron chi connectivity index (χ2n) is 6.44. The second-order valence-corrected chi connectivity index (χ2v) is 6.44. The first-order valence-electron chi connectivity index (χ1n) is 7.75. The van der Waals surface area contributed by atoms with Gasteiger partial charge in [-0.1, -0.05) is 0 Å². The molecule has 0 aromatic heterocycles. The number of hydrogen-bond acceptors (Lipinski definition) is 5. The molecule has 1 fully saturated rings. The molecule has 132 valence electrons. The molecule has 1 amide bonds. The highest BCUT2D eigenvalue weighted by molar-refractivity contribution is 5.80. The maximum Gasteiger partial charge on any atom is 0.387 e. The molecule has 24 heavy (non-hydrogen) atoms. The molecular weight excluding hydrogens is 322 g/mol. The van der Waals surface area contributed by atoms with Crippen molar-refractivity contribution in [1.29, 1.82) is 0 Å². The molecule has 0 spiro atoms. The number of rotatable bonds is 3. The van der Waals surface area contributed by atoms with Crippen LogP contribution in [0.5, 0.6) is 11.5 Å². The van der Waals surface area contributed by atoms with Crippen molar-refractivity contribution in [2.24, 2.45) is 0 Å². The van der Waals surface area contributed by atoms with E-state index < -0.39 is 24.4 Å². The SMILES string of the molecule is CC1(C)Oc2ccc(OC(F)F)cc2C(N2CCNCC2=O)C1O. The molecule has 3 rings (SSSR count). The highest BCUT2D eigenvalue weighted by Gasteiger charge is 2.47. The van der Waals surface area contributed by atoms with Crippen LogP contribution in [-0.4, -0.2) is 53.9 Å². The number of carbonyl (C=O) groups excluding carboxylic acids is 1. The van der Waals surface area contributed by atoms with Crippen LogP contribution < -0.4 is 14.8 Å². The minimum atomic E-state index is -2.95.